The second-order valence-electron chi connectivity index (χ2n) is 5.85. The highest BCUT2D eigenvalue weighted by Crippen LogP contribution is 2.49. The number of para-hydroxylation sites is 1. The Hall–Kier alpha value is -3.40. The highest BCUT2D eigenvalue weighted by atomic mass is 16.5. The van der Waals surface area contributed by atoms with Gasteiger partial charge in [0.1, 0.15) is 5.75 Å². The first kappa shape index (κ1) is 14.0. The van der Waals surface area contributed by atoms with Crippen LogP contribution in [0, 0.1) is 0 Å². The molecule has 0 amide bonds. The Morgan fingerprint density at radius 2 is 1.64 bits per heavy atom. The fourth-order valence-electron chi connectivity index (χ4n) is 3.21. The largest absolute Gasteiger partial charge is 0.493 e. The molecule has 0 saturated carbocycles. The van der Waals surface area contributed by atoms with Crippen LogP contribution in [-0.4, -0.2) is 17.1 Å². The summed E-state index contributed by atoms with van der Waals surface area (Å²) in [4.78, 5) is 9.62. The molecule has 1 aliphatic rings. The van der Waals surface area contributed by atoms with Crippen LogP contribution in [0.4, 0.5) is 0 Å². The van der Waals surface area contributed by atoms with Crippen molar-refractivity contribution >= 4 is 10.9 Å². The van der Waals surface area contributed by atoms with E-state index < -0.39 is 0 Å². The van der Waals surface area contributed by atoms with Crippen molar-refractivity contribution in [3.05, 3.63) is 66.7 Å². The molecule has 0 N–H and O–H groups in total. The number of aromatic nitrogens is 2. The third-order valence-corrected chi connectivity index (χ3v) is 4.39. The van der Waals surface area contributed by atoms with Gasteiger partial charge in [0.15, 0.2) is 17.3 Å². The minimum absolute atomic E-state index is 0.674. The molecule has 0 unspecified atom stereocenters. The van der Waals surface area contributed by atoms with E-state index >= 15 is 0 Å². The molecule has 4 heteroatoms. The molecule has 0 bridgehead atoms. The van der Waals surface area contributed by atoms with Crippen LogP contribution in [0.3, 0.4) is 0 Å². The quantitative estimate of drug-likeness (QED) is 0.454. The van der Waals surface area contributed by atoms with E-state index in [4.69, 9.17) is 19.4 Å². The van der Waals surface area contributed by atoms with Gasteiger partial charge in [-0.25, -0.2) is 9.97 Å². The summed E-state index contributed by atoms with van der Waals surface area (Å²) in [5, 5.41) is 0.887. The molecule has 0 atom stereocenters. The lowest BCUT2D eigenvalue weighted by Gasteiger charge is -2.22. The number of methoxy groups -OCH3 is 1. The third kappa shape index (κ3) is 2.08. The molecule has 1 aliphatic heterocycles. The van der Waals surface area contributed by atoms with Gasteiger partial charge in [-0.1, -0.05) is 42.5 Å². The molecular formula is C21H14N2O2. The van der Waals surface area contributed by atoms with Crippen molar-refractivity contribution in [3.8, 4) is 39.9 Å². The van der Waals surface area contributed by atoms with Crippen LogP contribution in [0.1, 0.15) is 0 Å². The van der Waals surface area contributed by atoms with Crippen molar-refractivity contribution in [3.63, 3.8) is 0 Å². The highest BCUT2D eigenvalue weighted by molar-refractivity contribution is 6.02. The van der Waals surface area contributed by atoms with Crippen molar-refractivity contribution in [1.29, 1.82) is 0 Å². The summed E-state index contributed by atoms with van der Waals surface area (Å²) in [5.74, 6) is 2.84. The molecule has 120 valence electrons. The van der Waals surface area contributed by atoms with Crippen LogP contribution in [0.2, 0.25) is 0 Å². The molecule has 1 aromatic heterocycles. The predicted molar refractivity (Wildman–Crippen MR) is 97.0 cm³/mol. The summed E-state index contributed by atoms with van der Waals surface area (Å²) in [6.45, 7) is 0. The van der Waals surface area contributed by atoms with E-state index in [-0.39, 0.29) is 0 Å². The van der Waals surface area contributed by atoms with Gasteiger partial charge in [0, 0.05) is 11.1 Å². The molecule has 4 aromatic rings. The van der Waals surface area contributed by atoms with Crippen LogP contribution in [0.15, 0.2) is 66.7 Å². The van der Waals surface area contributed by atoms with Gasteiger partial charge in [0.25, 0.3) is 0 Å². The van der Waals surface area contributed by atoms with Gasteiger partial charge in [-0.15, -0.1) is 0 Å². The van der Waals surface area contributed by atoms with Crippen LogP contribution in [0.25, 0.3) is 33.5 Å². The lowest BCUT2D eigenvalue weighted by molar-refractivity contribution is 0.381. The highest BCUT2D eigenvalue weighted by Gasteiger charge is 2.25. The van der Waals surface area contributed by atoms with Gasteiger partial charge in [-0.05, 0) is 24.3 Å². The maximum absolute atomic E-state index is 6.11. The summed E-state index contributed by atoms with van der Waals surface area (Å²) < 4.78 is 11.6. The number of rotatable bonds is 2. The molecule has 0 fully saturated rings. The topological polar surface area (TPSA) is 44.2 Å². The Morgan fingerprint density at radius 3 is 2.48 bits per heavy atom. The van der Waals surface area contributed by atoms with Gasteiger partial charge in [0.05, 0.1) is 23.7 Å². The lowest BCUT2D eigenvalue weighted by atomic mass is 10.0. The van der Waals surface area contributed by atoms with Crippen LogP contribution < -0.4 is 9.47 Å². The smallest absolute Gasteiger partial charge is 0.180 e. The zero-order valence-electron chi connectivity index (χ0n) is 13.6. The molecule has 5 rings (SSSR count). The summed E-state index contributed by atoms with van der Waals surface area (Å²) in [7, 11) is 1.64. The van der Waals surface area contributed by atoms with E-state index in [9.17, 15) is 0 Å². The minimum atomic E-state index is 0.674. The zero-order valence-corrected chi connectivity index (χ0v) is 13.6. The Balaban J connectivity index is 1.89. The van der Waals surface area contributed by atoms with Gasteiger partial charge >= 0.3 is 0 Å². The van der Waals surface area contributed by atoms with Crippen molar-refractivity contribution < 1.29 is 9.47 Å². The van der Waals surface area contributed by atoms with Crippen LogP contribution >= 0.6 is 0 Å². The van der Waals surface area contributed by atoms with E-state index in [1.54, 1.807) is 7.11 Å². The van der Waals surface area contributed by atoms with Gasteiger partial charge in [-0.3, -0.25) is 0 Å². The van der Waals surface area contributed by atoms with Crippen LogP contribution in [0.5, 0.6) is 17.2 Å². The minimum Gasteiger partial charge on any atom is -0.493 e. The monoisotopic (exact) mass is 326 g/mol. The van der Waals surface area contributed by atoms with Gasteiger partial charge in [0.2, 0.25) is 0 Å². The first-order chi connectivity index (χ1) is 12.3. The Kier molecular flexibility index (Phi) is 2.97. The maximum Gasteiger partial charge on any atom is 0.180 e. The standard InChI is InChI=1S/C21H14N2O2/c1-24-17-12-11-15-18-19(14-9-5-6-10-16(14)25-20(17)18)23-21(22-15)13-7-3-2-4-8-13/h2-12H,1H3. The van der Waals surface area contributed by atoms with E-state index in [1.165, 1.54) is 0 Å². The van der Waals surface area contributed by atoms with Crippen molar-refractivity contribution in [2.75, 3.05) is 7.11 Å². The van der Waals surface area contributed by atoms with E-state index in [1.807, 2.05) is 66.7 Å². The molecule has 0 aliphatic carbocycles. The molecular weight excluding hydrogens is 312 g/mol. The van der Waals surface area contributed by atoms with Gasteiger partial charge < -0.3 is 9.47 Å². The normalized spacial score (nSPS) is 11.7. The average molecular weight is 326 g/mol. The Morgan fingerprint density at radius 1 is 0.840 bits per heavy atom. The Labute approximate surface area is 144 Å². The molecule has 0 saturated heterocycles. The third-order valence-electron chi connectivity index (χ3n) is 4.39. The number of hydrogen-bond donors (Lipinski definition) is 0. The zero-order chi connectivity index (χ0) is 16.8. The SMILES string of the molecule is COc1ccc2nc(-c3ccccc3)nc3c2c1Oc1ccccc1-3. The molecule has 3 aromatic carbocycles. The fraction of sp³-hybridized carbons (Fsp3) is 0.0476. The van der Waals surface area contributed by atoms with E-state index in [2.05, 4.69) is 0 Å². The van der Waals surface area contributed by atoms with Gasteiger partial charge in [-0.2, -0.15) is 0 Å². The fourth-order valence-corrected chi connectivity index (χ4v) is 3.21. The number of ether oxygens (including phenoxy) is 2. The molecule has 2 heterocycles. The van der Waals surface area contributed by atoms with E-state index in [0.29, 0.717) is 17.3 Å². The molecule has 0 spiro atoms. The number of fused-ring (bicyclic) bond motifs is 2. The number of benzene rings is 3. The second kappa shape index (κ2) is 5.31. The first-order valence-electron chi connectivity index (χ1n) is 8.06. The predicted octanol–water partition coefficient (Wildman–Crippen LogP) is 5.08. The lowest BCUT2D eigenvalue weighted by Crippen LogP contribution is -2.03. The average Bonchev–Trinajstić information content (AvgIpc) is 2.69. The molecule has 0 radical (unpaired) electrons. The molecule has 4 nitrogen and oxygen atoms in total. The Bertz CT molecular complexity index is 1110. The summed E-state index contributed by atoms with van der Waals surface area (Å²) in [5.41, 5.74) is 3.67. The maximum atomic E-state index is 6.11. The molecule has 25 heavy (non-hydrogen) atoms. The summed E-state index contributed by atoms with van der Waals surface area (Å²) in [6, 6.07) is 21.8. The van der Waals surface area contributed by atoms with E-state index in [0.717, 1.165) is 33.5 Å². The summed E-state index contributed by atoms with van der Waals surface area (Å²) in [6.07, 6.45) is 0. The van der Waals surface area contributed by atoms with Crippen molar-refractivity contribution in [2.45, 2.75) is 0 Å². The summed E-state index contributed by atoms with van der Waals surface area (Å²) >= 11 is 0. The number of nitrogens with zero attached hydrogens (tertiary/aromatic N) is 2. The second-order valence-corrected chi connectivity index (χ2v) is 5.85. The number of hydrogen-bond acceptors (Lipinski definition) is 4. The first-order valence-corrected chi connectivity index (χ1v) is 8.06. The van der Waals surface area contributed by atoms with Crippen LogP contribution in [-0.2, 0) is 0 Å². The van der Waals surface area contributed by atoms with Crippen molar-refractivity contribution in [1.82, 2.24) is 9.97 Å². The van der Waals surface area contributed by atoms with Crippen molar-refractivity contribution in [2.24, 2.45) is 0 Å².